The Morgan fingerprint density at radius 2 is 1.96 bits per heavy atom. The number of aromatic nitrogens is 1. The van der Waals surface area contributed by atoms with Crippen molar-refractivity contribution in [1.29, 1.82) is 0 Å². The van der Waals surface area contributed by atoms with Crippen LogP contribution >= 0.6 is 11.8 Å². The van der Waals surface area contributed by atoms with E-state index in [2.05, 4.69) is 11.1 Å². The van der Waals surface area contributed by atoms with Crippen LogP contribution in [0.15, 0.2) is 53.6 Å². The van der Waals surface area contributed by atoms with Gasteiger partial charge in [0.25, 0.3) is 5.69 Å². The minimum absolute atomic E-state index is 0.124. The molecule has 0 bridgehead atoms. The van der Waals surface area contributed by atoms with Crippen molar-refractivity contribution >= 4 is 17.4 Å². The molecule has 0 fully saturated rings. The van der Waals surface area contributed by atoms with Gasteiger partial charge in [-0.25, -0.2) is 4.98 Å². The molecule has 1 aromatic heterocycles. The Morgan fingerprint density at radius 1 is 1.18 bits per heavy atom. The molecular formula is C22H20N2O3S. The Hall–Kier alpha value is -2.86. The number of hydrogen-bond donors (Lipinski definition) is 0. The van der Waals surface area contributed by atoms with Gasteiger partial charge in [-0.15, -0.1) is 11.8 Å². The average Bonchev–Trinajstić information content (AvgIpc) is 3.14. The van der Waals surface area contributed by atoms with E-state index in [0.29, 0.717) is 12.5 Å². The van der Waals surface area contributed by atoms with Crippen molar-refractivity contribution in [3.8, 4) is 17.0 Å². The van der Waals surface area contributed by atoms with Gasteiger partial charge in [0.1, 0.15) is 6.61 Å². The van der Waals surface area contributed by atoms with Crippen molar-refractivity contribution in [2.75, 3.05) is 5.75 Å². The van der Waals surface area contributed by atoms with Crippen molar-refractivity contribution in [2.45, 2.75) is 31.8 Å². The van der Waals surface area contributed by atoms with E-state index in [1.807, 2.05) is 56.1 Å². The van der Waals surface area contributed by atoms with E-state index in [0.717, 1.165) is 40.0 Å². The third-order valence-corrected chi connectivity index (χ3v) is 5.98. The molecule has 0 N–H and O–H groups in total. The molecule has 0 amide bonds. The zero-order chi connectivity index (χ0) is 19.7. The molecule has 5 nitrogen and oxygen atoms in total. The lowest BCUT2D eigenvalue weighted by molar-refractivity contribution is -0.384. The summed E-state index contributed by atoms with van der Waals surface area (Å²) in [6, 6.07) is 13.4. The first-order chi connectivity index (χ1) is 13.5. The van der Waals surface area contributed by atoms with Crippen molar-refractivity contribution in [3.63, 3.8) is 0 Å². The zero-order valence-electron chi connectivity index (χ0n) is 15.8. The van der Waals surface area contributed by atoms with Gasteiger partial charge in [0, 0.05) is 35.0 Å². The monoisotopic (exact) mass is 392 g/mol. The van der Waals surface area contributed by atoms with E-state index in [-0.39, 0.29) is 10.6 Å². The second-order valence-corrected chi connectivity index (χ2v) is 8.07. The molecule has 0 saturated heterocycles. The number of fused-ring (bicyclic) bond motifs is 1. The number of nitro groups is 1. The number of rotatable bonds is 5. The molecule has 3 aromatic rings. The fourth-order valence-electron chi connectivity index (χ4n) is 3.59. The van der Waals surface area contributed by atoms with E-state index in [9.17, 15) is 10.1 Å². The molecule has 2 heterocycles. The molecule has 0 unspecified atom stereocenters. The Labute approximate surface area is 167 Å². The lowest BCUT2D eigenvalue weighted by Crippen LogP contribution is -1.99. The second-order valence-electron chi connectivity index (χ2n) is 6.93. The topological polar surface area (TPSA) is 65.3 Å². The van der Waals surface area contributed by atoms with Crippen LogP contribution in [0.2, 0.25) is 0 Å². The summed E-state index contributed by atoms with van der Waals surface area (Å²) in [6.07, 6.45) is 2.98. The summed E-state index contributed by atoms with van der Waals surface area (Å²) in [7, 11) is 0. The van der Waals surface area contributed by atoms with Crippen LogP contribution in [-0.4, -0.2) is 15.7 Å². The molecule has 6 heteroatoms. The van der Waals surface area contributed by atoms with Gasteiger partial charge in [0.05, 0.1) is 4.92 Å². The van der Waals surface area contributed by atoms with Gasteiger partial charge < -0.3 is 4.74 Å². The highest BCUT2D eigenvalue weighted by Crippen LogP contribution is 2.33. The van der Waals surface area contributed by atoms with E-state index >= 15 is 0 Å². The first kappa shape index (κ1) is 18.5. The van der Waals surface area contributed by atoms with Gasteiger partial charge in [-0.2, -0.15) is 0 Å². The summed E-state index contributed by atoms with van der Waals surface area (Å²) in [5.41, 5.74) is 6.29. The minimum Gasteiger partial charge on any atom is -0.473 e. The normalized spacial score (nSPS) is 12.6. The Bertz CT molecular complexity index is 1040. The third-order valence-electron chi connectivity index (χ3n) is 4.88. The van der Waals surface area contributed by atoms with Gasteiger partial charge in [-0.1, -0.05) is 18.2 Å². The minimum atomic E-state index is -0.351. The molecule has 2 aromatic carbocycles. The predicted octanol–water partition coefficient (Wildman–Crippen LogP) is 5.50. The SMILES string of the molecule is Cc1cc([N+](=O)[O-])cc(C)c1-c1cccc(COc2cc3c(cn2)CCS3)c1. The standard InChI is InChI=1S/C22H20N2O3S/c1-14-8-19(24(25)26)9-15(2)22(14)17-5-3-4-16(10-17)13-27-21-11-20-18(12-23-21)6-7-28-20/h3-5,8-12H,6-7,13H2,1-2H3. The molecule has 28 heavy (non-hydrogen) atoms. The van der Waals surface area contributed by atoms with Crippen LogP contribution in [0, 0.1) is 24.0 Å². The van der Waals surface area contributed by atoms with Gasteiger partial charge in [-0.05, 0) is 59.7 Å². The maximum atomic E-state index is 11.1. The fourth-order valence-corrected chi connectivity index (χ4v) is 4.66. The number of thioether (sulfide) groups is 1. The first-order valence-electron chi connectivity index (χ1n) is 9.11. The van der Waals surface area contributed by atoms with Crippen molar-refractivity contribution < 1.29 is 9.66 Å². The molecule has 142 valence electrons. The summed E-state index contributed by atoms with van der Waals surface area (Å²) in [6.45, 7) is 4.24. The molecule has 0 radical (unpaired) electrons. The molecule has 0 atom stereocenters. The Kier molecular flexibility index (Phi) is 5.05. The molecule has 1 aliphatic heterocycles. The second kappa shape index (κ2) is 7.64. The van der Waals surface area contributed by atoms with Crippen molar-refractivity contribution in [3.05, 3.63) is 81.0 Å². The quantitative estimate of drug-likeness (QED) is 0.424. The Morgan fingerprint density at radius 3 is 2.71 bits per heavy atom. The van der Waals surface area contributed by atoms with Crippen LogP contribution in [0.4, 0.5) is 5.69 Å². The fraction of sp³-hybridized carbons (Fsp3) is 0.227. The summed E-state index contributed by atoms with van der Waals surface area (Å²) in [4.78, 5) is 16.4. The highest BCUT2D eigenvalue weighted by molar-refractivity contribution is 7.99. The van der Waals surface area contributed by atoms with Gasteiger partial charge in [-0.3, -0.25) is 10.1 Å². The zero-order valence-corrected chi connectivity index (χ0v) is 16.6. The highest BCUT2D eigenvalue weighted by atomic mass is 32.2. The number of nitrogens with zero attached hydrogens (tertiary/aromatic N) is 2. The first-order valence-corrected chi connectivity index (χ1v) is 10.1. The van der Waals surface area contributed by atoms with E-state index in [4.69, 9.17) is 4.74 Å². The smallest absolute Gasteiger partial charge is 0.269 e. The van der Waals surface area contributed by atoms with Crippen LogP contribution in [0.1, 0.15) is 22.3 Å². The maximum Gasteiger partial charge on any atom is 0.269 e. The molecule has 0 aliphatic carbocycles. The predicted molar refractivity (Wildman–Crippen MR) is 111 cm³/mol. The molecule has 1 aliphatic rings. The summed E-state index contributed by atoms with van der Waals surface area (Å²) in [5.74, 6) is 1.75. The summed E-state index contributed by atoms with van der Waals surface area (Å²) >= 11 is 1.84. The Balaban J connectivity index is 1.56. The highest BCUT2D eigenvalue weighted by Gasteiger charge is 2.15. The number of pyridine rings is 1. The third kappa shape index (κ3) is 3.73. The van der Waals surface area contributed by atoms with Crippen LogP contribution < -0.4 is 4.74 Å². The number of benzene rings is 2. The summed E-state index contributed by atoms with van der Waals surface area (Å²) < 4.78 is 5.91. The van der Waals surface area contributed by atoms with Crippen LogP contribution in [-0.2, 0) is 13.0 Å². The maximum absolute atomic E-state index is 11.1. The van der Waals surface area contributed by atoms with Gasteiger partial charge in [0.15, 0.2) is 0 Å². The van der Waals surface area contributed by atoms with E-state index in [1.54, 1.807) is 12.1 Å². The van der Waals surface area contributed by atoms with Gasteiger partial charge in [0.2, 0.25) is 5.88 Å². The molecule has 0 saturated carbocycles. The number of aryl methyl sites for hydroxylation is 3. The van der Waals surface area contributed by atoms with Crippen molar-refractivity contribution in [1.82, 2.24) is 4.98 Å². The van der Waals surface area contributed by atoms with E-state index in [1.165, 1.54) is 10.5 Å². The lowest BCUT2D eigenvalue weighted by Gasteiger charge is -2.12. The van der Waals surface area contributed by atoms with Crippen LogP contribution in [0.25, 0.3) is 11.1 Å². The lowest BCUT2D eigenvalue weighted by atomic mass is 9.94. The average molecular weight is 392 g/mol. The molecule has 4 rings (SSSR count). The number of nitro benzene ring substituents is 1. The number of ether oxygens (including phenoxy) is 1. The molecule has 0 spiro atoms. The number of hydrogen-bond acceptors (Lipinski definition) is 5. The largest absolute Gasteiger partial charge is 0.473 e. The van der Waals surface area contributed by atoms with Crippen LogP contribution in [0.5, 0.6) is 5.88 Å². The van der Waals surface area contributed by atoms with Crippen LogP contribution in [0.3, 0.4) is 0 Å². The van der Waals surface area contributed by atoms with Crippen molar-refractivity contribution in [2.24, 2.45) is 0 Å². The van der Waals surface area contributed by atoms with Gasteiger partial charge >= 0.3 is 0 Å². The molecular weight excluding hydrogens is 372 g/mol. The van der Waals surface area contributed by atoms with E-state index < -0.39 is 0 Å². The summed E-state index contributed by atoms with van der Waals surface area (Å²) in [5, 5.41) is 11.1. The number of non-ortho nitro benzene ring substituents is 1.